The van der Waals surface area contributed by atoms with E-state index in [1.165, 1.54) is 12.1 Å². The van der Waals surface area contributed by atoms with Crippen molar-refractivity contribution in [1.29, 1.82) is 0 Å². The summed E-state index contributed by atoms with van der Waals surface area (Å²) in [6.07, 6.45) is 3.09. The van der Waals surface area contributed by atoms with Gasteiger partial charge in [0.15, 0.2) is 23.3 Å². The number of aromatic nitrogens is 3. The number of aromatic amines is 3. The summed E-state index contributed by atoms with van der Waals surface area (Å²) >= 11 is 0. The van der Waals surface area contributed by atoms with Crippen LogP contribution in [0.25, 0.3) is 0 Å². The number of H-pyrrole nitrogens is 3. The van der Waals surface area contributed by atoms with Crippen molar-refractivity contribution in [1.82, 2.24) is 15.0 Å². The number of nitrogens with one attached hydrogen (secondary N) is 3. The van der Waals surface area contributed by atoms with Gasteiger partial charge in [-0.25, -0.2) is 0 Å². The zero-order valence-electron chi connectivity index (χ0n) is 51.9. The predicted molar refractivity (Wildman–Crippen MR) is 320 cm³/mol. The summed E-state index contributed by atoms with van der Waals surface area (Å²) in [5, 5.41) is 32.4. The number of hydrogen-bond donors (Lipinski definition) is 6. The summed E-state index contributed by atoms with van der Waals surface area (Å²) in [6, 6.07) is 16.9. The molecule has 0 aliphatic heterocycles. The molecule has 3 heterocycles. The van der Waals surface area contributed by atoms with Crippen LogP contribution in [-0.2, 0) is 51.8 Å². The van der Waals surface area contributed by atoms with E-state index in [4.69, 9.17) is 0 Å². The lowest BCUT2D eigenvalue weighted by atomic mass is 9.78. The molecule has 0 amide bonds. The van der Waals surface area contributed by atoms with Crippen molar-refractivity contribution in [3.05, 3.63) is 156 Å². The molecule has 0 aliphatic rings. The predicted octanol–water partition coefficient (Wildman–Crippen LogP) is 17.1. The zero-order chi connectivity index (χ0) is 59.6. The molecule has 0 atom stereocenters. The van der Waals surface area contributed by atoms with Crippen molar-refractivity contribution in [2.24, 2.45) is 0 Å². The number of benzene rings is 3. The van der Waals surface area contributed by atoms with Crippen LogP contribution < -0.4 is 0 Å². The maximum atomic E-state index is 13.0. The van der Waals surface area contributed by atoms with Gasteiger partial charge in [-0.15, -0.1) is 0 Å². The average molecular weight is 1070 g/mol. The van der Waals surface area contributed by atoms with Gasteiger partial charge in [-0.3, -0.25) is 14.4 Å². The molecule has 3 aromatic carbocycles. The van der Waals surface area contributed by atoms with Crippen LogP contribution in [0.15, 0.2) is 54.6 Å². The van der Waals surface area contributed by atoms with E-state index in [0.717, 1.165) is 83.8 Å². The van der Waals surface area contributed by atoms with Crippen LogP contribution in [0.5, 0.6) is 17.2 Å². The minimum absolute atomic E-state index is 0.119. The van der Waals surface area contributed by atoms with Gasteiger partial charge >= 0.3 is 0 Å². The molecule has 0 fully saturated rings. The number of phenolic OH excluding ortho intramolecular Hbond substituents is 3. The molecule has 0 unspecified atom stereocenters. The van der Waals surface area contributed by atoms with Gasteiger partial charge in [0.05, 0.1) is 17.1 Å². The highest BCUT2D eigenvalue weighted by molar-refractivity contribution is 5.97. The number of aromatic hydroxyl groups is 3. The molecule has 6 N–H and O–H groups in total. The van der Waals surface area contributed by atoms with E-state index < -0.39 is 5.95 Å². The van der Waals surface area contributed by atoms with E-state index in [9.17, 15) is 34.1 Å². The average Bonchev–Trinajstić information content (AvgIpc) is 3.97. The van der Waals surface area contributed by atoms with E-state index in [1.807, 2.05) is 52.8 Å². The number of aryl methyl sites for hydroxylation is 6. The normalized spacial score (nSPS) is 12.5. The molecule has 0 saturated heterocycles. The highest BCUT2D eigenvalue weighted by atomic mass is 19.1. The van der Waals surface area contributed by atoms with Crippen LogP contribution in [0.2, 0.25) is 0 Å². The number of hydrogen-bond acceptors (Lipinski definition) is 6. The summed E-state index contributed by atoms with van der Waals surface area (Å²) in [6.45, 7) is 47.6. The van der Waals surface area contributed by atoms with Gasteiger partial charge in [-0.2, -0.15) is 4.39 Å². The fourth-order valence-corrected chi connectivity index (χ4v) is 9.78. The summed E-state index contributed by atoms with van der Waals surface area (Å²) in [7, 11) is 0. The maximum Gasteiger partial charge on any atom is 0.191 e. The first-order chi connectivity index (χ1) is 35.4. The molecule has 0 radical (unpaired) electrons. The molecule has 0 spiro atoms. The molecule has 0 bridgehead atoms. The van der Waals surface area contributed by atoms with E-state index in [2.05, 4.69) is 164 Å². The van der Waals surface area contributed by atoms with Crippen molar-refractivity contribution >= 4 is 17.3 Å². The third-order valence-corrected chi connectivity index (χ3v) is 14.7. The lowest BCUT2D eigenvalue weighted by Crippen LogP contribution is -2.18. The second kappa shape index (κ2) is 24.1. The third kappa shape index (κ3) is 16.5. The van der Waals surface area contributed by atoms with Gasteiger partial charge in [0, 0.05) is 30.7 Å². The molecule has 6 rings (SSSR count). The van der Waals surface area contributed by atoms with Crippen LogP contribution in [-0.4, -0.2) is 47.6 Å². The second-order valence-corrected chi connectivity index (χ2v) is 28.0. The maximum absolute atomic E-state index is 13.0. The molecule has 6 aromatic rings. The van der Waals surface area contributed by atoms with Gasteiger partial charge in [-0.05, 0) is 171 Å². The summed E-state index contributed by atoms with van der Waals surface area (Å²) in [5.74, 6) is 0.767. The number of halogens is 1. The molecule has 0 saturated carbocycles. The van der Waals surface area contributed by atoms with Crippen molar-refractivity contribution in [3.8, 4) is 17.2 Å². The minimum Gasteiger partial charge on any atom is -0.507 e. The summed E-state index contributed by atoms with van der Waals surface area (Å²) < 4.78 is 13.0. The number of phenols is 3. The number of rotatable bonds is 12. The molecule has 0 aliphatic carbocycles. The smallest absolute Gasteiger partial charge is 0.191 e. The number of carbonyl (C=O) groups is 3. The SMILES string of the molecule is CC(C)(C)c1cc(CCC(=O)c2ccc(F)[nH]2)cc(C(C)(C)C)c1O.Cc1[nH]c(C(=O)CCc2cc(C(C)(C)C)c(O)c(C(C)(C)C)c2)c(C)c1C.Cc1cc(C)c(C(=O)CCc2cc(C(C)(C)C)c(O)c(C(C)(C)C)c2)[nH]1. The first-order valence-electron chi connectivity index (χ1n) is 27.8. The van der Waals surface area contributed by atoms with E-state index in [0.29, 0.717) is 60.7 Å². The van der Waals surface area contributed by atoms with E-state index in [-0.39, 0.29) is 56.3 Å². The van der Waals surface area contributed by atoms with Gasteiger partial charge in [0.1, 0.15) is 17.2 Å². The van der Waals surface area contributed by atoms with Crippen molar-refractivity contribution in [3.63, 3.8) is 0 Å². The Hall–Kier alpha value is -6.16. The van der Waals surface area contributed by atoms with Crippen LogP contribution >= 0.6 is 0 Å². The number of Topliss-reactive ketones (excluding diaryl/α,β-unsaturated/α-hetero) is 3. The monoisotopic (exact) mass is 1070 g/mol. The third-order valence-electron chi connectivity index (χ3n) is 14.7. The van der Waals surface area contributed by atoms with Crippen molar-refractivity contribution in [2.75, 3.05) is 0 Å². The van der Waals surface area contributed by atoms with Gasteiger partial charge < -0.3 is 30.3 Å². The largest absolute Gasteiger partial charge is 0.507 e. The van der Waals surface area contributed by atoms with Crippen LogP contribution in [0, 0.1) is 40.6 Å². The highest BCUT2D eigenvalue weighted by Gasteiger charge is 2.30. The Kier molecular flexibility index (Phi) is 19.9. The van der Waals surface area contributed by atoms with Crippen LogP contribution in [0.1, 0.15) is 254 Å². The quantitative estimate of drug-likeness (QED) is 0.0670. The molecule has 78 heavy (non-hydrogen) atoms. The first-order valence-corrected chi connectivity index (χ1v) is 27.8. The van der Waals surface area contributed by atoms with E-state index in [1.54, 1.807) is 0 Å². The van der Waals surface area contributed by atoms with Gasteiger partial charge in [-0.1, -0.05) is 161 Å². The molecule has 3 aromatic heterocycles. The Bertz CT molecular complexity index is 3010. The lowest BCUT2D eigenvalue weighted by molar-refractivity contribution is 0.0970. The van der Waals surface area contributed by atoms with Gasteiger partial charge in [0.2, 0.25) is 0 Å². The lowest BCUT2D eigenvalue weighted by Gasteiger charge is -2.28. The van der Waals surface area contributed by atoms with Crippen LogP contribution in [0.4, 0.5) is 4.39 Å². The molecule has 10 heteroatoms. The Balaban J connectivity index is 0.000000253. The van der Waals surface area contributed by atoms with E-state index >= 15 is 0 Å². The topological polar surface area (TPSA) is 159 Å². The number of ketones is 3. The summed E-state index contributed by atoms with van der Waals surface area (Å²) in [4.78, 5) is 46.4. The highest BCUT2D eigenvalue weighted by Crippen LogP contribution is 2.43. The first kappa shape index (κ1) is 64.4. The fourth-order valence-electron chi connectivity index (χ4n) is 9.78. The Labute approximate surface area is 467 Å². The Morgan fingerprint density at radius 1 is 0.410 bits per heavy atom. The zero-order valence-corrected chi connectivity index (χ0v) is 51.9. The summed E-state index contributed by atoms with van der Waals surface area (Å²) in [5.41, 5.74) is 14.8. The molecular formula is C68H96FN3O6. The second-order valence-electron chi connectivity index (χ2n) is 28.0. The van der Waals surface area contributed by atoms with Crippen molar-refractivity contribution < 1.29 is 34.1 Å². The molecule has 426 valence electrons. The Morgan fingerprint density at radius 2 is 0.718 bits per heavy atom. The minimum atomic E-state index is -0.502. The number of carbonyl (C=O) groups excluding carboxylic acids is 3. The molecular weight excluding hydrogens is 974 g/mol. The standard InChI is InChI=1S/C24H35NO2.C23H33NO2.C21H28FNO2/c1-14-15(2)21(25-16(14)3)20(26)11-10-17-12-18(23(4,5)6)22(27)19(13-17)24(7,8)9;1-14-11-15(2)24-20(14)19(25)10-9-16-12-17(22(3,4)5)21(26)18(13-16)23(6,7)8;1-20(2,3)14-11-13(12-15(19(14)25)21(4,5)6)7-9-17(24)16-8-10-18(22)23-16/h12-13,25,27H,10-11H2,1-9H3;11-13,24,26H,9-10H2,1-8H3;8,10-12,23,25H,7,9H2,1-6H3. The van der Waals surface area contributed by atoms with Crippen molar-refractivity contribution in [2.45, 2.75) is 230 Å². The molecule has 9 nitrogen and oxygen atoms in total. The van der Waals surface area contributed by atoms with Gasteiger partial charge in [0.25, 0.3) is 0 Å². The van der Waals surface area contributed by atoms with Crippen LogP contribution in [0.3, 0.4) is 0 Å². The fraction of sp³-hybridized carbons (Fsp3) is 0.515. The Morgan fingerprint density at radius 3 is 0.962 bits per heavy atom.